The third kappa shape index (κ3) is 3.51. The van der Waals surface area contributed by atoms with E-state index in [9.17, 15) is 4.79 Å². The SMILES string of the molecule is Cc1ccc(NC(=O)NC2CCN(C3CC3)CC2)cc1. The second-order valence-corrected chi connectivity index (χ2v) is 6.01. The number of nitrogens with zero attached hydrogens (tertiary/aromatic N) is 1. The summed E-state index contributed by atoms with van der Waals surface area (Å²) < 4.78 is 0. The van der Waals surface area contributed by atoms with Gasteiger partial charge in [0.15, 0.2) is 0 Å². The number of carbonyl (C=O) groups excluding carboxylic acids is 1. The number of hydrogen-bond acceptors (Lipinski definition) is 2. The van der Waals surface area contributed by atoms with Crippen LogP contribution in [0, 0.1) is 6.92 Å². The first-order valence-electron chi connectivity index (χ1n) is 7.59. The minimum atomic E-state index is -0.0845. The molecule has 1 aliphatic heterocycles. The Morgan fingerprint density at radius 3 is 2.35 bits per heavy atom. The van der Waals surface area contributed by atoms with Gasteiger partial charge in [-0.15, -0.1) is 0 Å². The molecule has 20 heavy (non-hydrogen) atoms. The van der Waals surface area contributed by atoms with Crippen molar-refractivity contribution in [2.75, 3.05) is 18.4 Å². The monoisotopic (exact) mass is 273 g/mol. The first-order valence-corrected chi connectivity index (χ1v) is 7.59. The van der Waals surface area contributed by atoms with E-state index in [0.717, 1.165) is 37.7 Å². The molecule has 0 radical (unpaired) electrons. The lowest BCUT2D eigenvalue weighted by Crippen LogP contribution is -2.46. The van der Waals surface area contributed by atoms with Gasteiger partial charge < -0.3 is 15.5 Å². The molecule has 1 aliphatic carbocycles. The van der Waals surface area contributed by atoms with Gasteiger partial charge in [0.1, 0.15) is 0 Å². The summed E-state index contributed by atoms with van der Waals surface area (Å²) in [7, 11) is 0. The van der Waals surface area contributed by atoms with Gasteiger partial charge in [-0.2, -0.15) is 0 Å². The van der Waals surface area contributed by atoms with Crippen LogP contribution in [0.25, 0.3) is 0 Å². The third-order valence-corrected chi connectivity index (χ3v) is 4.24. The number of piperidine rings is 1. The van der Waals surface area contributed by atoms with Crippen molar-refractivity contribution >= 4 is 11.7 Å². The van der Waals surface area contributed by atoms with Gasteiger partial charge in [-0.1, -0.05) is 17.7 Å². The fraction of sp³-hybridized carbons (Fsp3) is 0.562. The maximum Gasteiger partial charge on any atom is 0.319 e. The van der Waals surface area contributed by atoms with Crippen LogP contribution in [-0.2, 0) is 0 Å². The second kappa shape index (κ2) is 5.83. The van der Waals surface area contributed by atoms with Crippen molar-refractivity contribution in [3.63, 3.8) is 0 Å². The molecule has 2 aliphatic rings. The molecule has 0 unspecified atom stereocenters. The Bertz CT molecular complexity index is 459. The predicted octanol–water partition coefficient (Wildman–Crippen LogP) is 2.74. The van der Waals surface area contributed by atoms with E-state index in [2.05, 4.69) is 15.5 Å². The van der Waals surface area contributed by atoms with Crippen molar-refractivity contribution in [3.8, 4) is 0 Å². The zero-order valence-corrected chi connectivity index (χ0v) is 12.1. The highest BCUT2D eigenvalue weighted by atomic mass is 16.2. The lowest BCUT2D eigenvalue weighted by molar-refractivity contribution is 0.189. The van der Waals surface area contributed by atoms with Gasteiger partial charge >= 0.3 is 6.03 Å². The molecule has 1 saturated heterocycles. The molecule has 0 aromatic heterocycles. The van der Waals surface area contributed by atoms with E-state index >= 15 is 0 Å². The topological polar surface area (TPSA) is 44.4 Å². The van der Waals surface area contributed by atoms with Gasteiger partial charge in [-0.25, -0.2) is 4.79 Å². The molecular formula is C16H23N3O. The Balaban J connectivity index is 1.43. The largest absolute Gasteiger partial charge is 0.335 e. The Hall–Kier alpha value is -1.55. The van der Waals surface area contributed by atoms with Gasteiger partial charge in [0.25, 0.3) is 0 Å². The zero-order valence-electron chi connectivity index (χ0n) is 12.1. The number of urea groups is 1. The third-order valence-electron chi connectivity index (χ3n) is 4.24. The van der Waals surface area contributed by atoms with Gasteiger partial charge in [0.2, 0.25) is 0 Å². The van der Waals surface area contributed by atoms with E-state index in [-0.39, 0.29) is 6.03 Å². The van der Waals surface area contributed by atoms with Gasteiger partial charge in [0, 0.05) is 30.9 Å². The van der Waals surface area contributed by atoms with Crippen LogP contribution in [0.3, 0.4) is 0 Å². The molecule has 0 spiro atoms. The maximum absolute atomic E-state index is 12.0. The van der Waals surface area contributed by atoms with E-state index in [1.54, 1.807) is 0 Å². The molecule has 4 nitrogen and oxygen atoms in total. The van der Waals surface area contributed by atoms with Gasteiger partial charge in [-0.05, 0) is 44.7 Å². The molecule has 0 bridgehead atoms. The lowest BCUT2D eigenvalue weighted by atomic mass is 10.1. The van der Waals surface area contributed by atoms with Crippen LogP contribution >= 0.6 is 0 Å². The van der Waals surface area contributed by atoms with E-state index in [1.165, 1.54) is 18.4 Å². The number of likely N-dealkylation sites (tertiary alicyclic amines) is 1. The van der Waals surface area contributed by atoms with Crippen LogP contribution in [0.5, 0.6) is 0 Å². The minimum absolute atomic E-state index is 0.0845. The first-order chi connectivity index (χ1) is 9.70. The number of aryl methyl sites for hydroxylation is 1. The van der Waals surface area contributed by atoms with Crippen molar-refractivity contribution in [3.05, 3.63) is 29.8 Å². The summed E-state index contributed by atoms with van der Waals surface area (Å²) in [5, 5.41) is 5.98. The molecule has 2 amide bonds. The summed E-state index contributed by atoms with van der Waals surface area (Å²) in [5.74, 6) is 0. The van der Waals surface area contributed by atoms with Crippen molar-refractivity contribution < 1.29 is 4.79 Å². The molecule has 1 heterocycles. The molecule has 1 aromatic carbocycles. The van der Waals surface area contributed by atoms with Crippen molar-refractivity contribution in [1.82, 2.24) is 10.2 Å². The molecule has 4 heteroatoms. The molecule has 2 fully saturated rings. The molecule has 1 saturated carbocycles. The van der Waals surface area contributed by atoms with Crippen LogP contribution in [0.15, 0.2) is 24.3 Å². The second-order valence-electron chi connectivity index (χ2n) is 6.01. The number of hydrogen-bond donors (Lipinski definition) is 2. The summed E-state index contributed by atoms with van der Waals surface area (Å²) in [4.78, 5) is 14.5. The summed E-state index contributed by atoms with van der Waals surface area (Å²) >= 11 is 0. The Labute approximate surface area is 120 Å². The molecule has 108 valence electrons. The fourth-order valence-corrected chi connectivity index (χ4v) is 2.84. The molecule has 3 rings (SSSR count). The van der Waals surface area contributed by atoms with Crippen molar-refractivity contribution in [2.45, 2.75) is 44.7 Å². The number of anilines is 1. The van der Waals surface area contributed by atoms with E-state index in [0.29, 0.717) is 6.04 Å². The van der Waals surface area contributed by atoms with Gasteiger partial charge in [0.05, 0.1) is 0 Å². The molecule has 0 atom stereocenters. The predicted molar refractivity (Wildman–Crippen MR) is 81.0 cm³/mol. The molecule has 2 N–H and O–H groups in total. The standard InChI is InChI=1S/C16H23N3O/c1-12-2-4-13(5-3-12)17-16(20)18-14-8-10-19(11-9-14)15-6-7-15/h2-5,14-15H,6-11H2,1H3,(H2,17,18,20). The van der Waals surface area contributed by atoms with Crippen LogP contribution in [0.4, 0.5) is 10.5 Å². The summed E-state index contributed by atoms with van der Waals surface area (Å²) in [6.07, 6.45) is 4.87. The van der Waals surface area contributed by atoms with Crippen molar-refractivity contribution in [2.24, 2.45) is 0 Å². The van der Waals surface area contributed by atoms with Gasteiger partial charge in [-0.3, -0.25) is 0 Å². The van der Waals surface area contributed by atoms with Crippen LogP contribution in [0.2, 0.25) is 0 Å². The molecule has 1 aromatic rings. The Morgan fingerprint density at radius 2 is 1.75 bits per heavy atom. The highest BCUT2D eigenvalue weighted by Crippen LogP contribution is 2.29. The number of amides is 2. The van der Waals surface area contributed by atoms with E-state index in [4.69, 9.17) is 0 Å². The summed E-state index contributed by atoms with van der Waals surface area (Å²) in [6, 6.07) is 8.95. The Kier molecular flexibility index (Phi) is 3.92. The number of benzene rings is 1. The zero-order chi connectivity index (χ0) is 13.9. The van der Waals surface area contributed by atoms with Crippen molar-refractivity contribution in [1.29, 1.82) is 0 Å². The summed E-state index contributed by atoms with van der Waals surface area (Å²) in [6.45, 7) is 4.29. The van der Waals surface area contributed by atoms with Crippen LogP contribution in [0.1, 0.15) is 31.2 Å². The smallest absolute Gasteiger partial charge is 0.319 e. The fourth-order valence-electron chi connectivity index (χ4n) is 2.84. The highest BCUT2D eigenvalue weighted by molar-refractivity contribution is 5.89. The van der Waals surface area contributed by atoms with E-state index < -0.39 is 0 Å². The number of nitrogens with one attached hydrogen (secondary N) is 2. The number of carbonyl (C=O) groups is 1. The minimum Gasteiger partial charge on any atom is -0.335 e. The molecular weight excluding hydrogens is 250 g/mol. The average molecular weight is 273 g/mol. The lowest BCUT2D eigenvalue weighted by Gasteiger charge is -2.32. The van der Waals surface area contributed by atoms with Crippen LogP contribution in [-0.4, -0.2) is 36.1 Å². The average Bonchev–Trinajstić information content (AvgIpc) is 3.27. The van der Waals surface area contributed by atoms with Crippen LogP contribution < -0.4 is 10.6 Å². The first kappa shape index (κ1) is 13.4. The maximum atomic E-state index is 12.0. The number of rotatable bonds is 3. The highest BCUT2D eigenvalue weighted by Gasteiger charge is 2.32. The normalized spacial score (nSPS) is 20.6. The summed E-state index contributed by atoms with van der Waals surface area (Å²) in [5.41, 5.74) is 2.05. The van der Waals surface area contributed by atoms with E-state index in [1.807, 2.05) is 31.2 Å². The quantitative estimate of drug-likeness (QED) is 0.889. The Morgan fingerprint density at radius 1 is 1.10 bits per heavy atom.